The number of carbonyl (C=O) groups excluding carboxylic acids is 1. The molecule has 0 radical (unpaired) electrons. The lowest BCUT2D eigenvalue weighted by atomic mass is 9.93. The number of rotatable bonds is 4. The van der Waals surface area contributed by atoms with Crippen LogP contribution in [-0.2, 0) is 24.2 Å². The lowest BCUT2D eigenvalue weighted by molar-refractivity contribution is -0.119. The molecule has 35 heavy (non-hydrogen) atoms. The maximum atomic E-state index is 10.1. The molecule has 0 aliphatic carbocycles. The normalized spacial score (nSPS) is 14.5. The van der Waals surface area contributed by atoms with Gasteiger partial charge in [0.25, 0.3) is 0 Å². The summed E-state index contributed by atoms with van der Waals surface area (Å²) in [4.78, 5) is 15.2. The summed E-state index contributed by atoms with van der Waals surface area (Å²) in [5.74, 6) is 0.472. The number of ketones is 1. The molecule has 1 saturated heterocycles. The third kappa shape index (κ3) is 17.0. The van der Waals surface area contributed by atoms with Crippen LogP contribution in [0, 0.1) is 5.92 Å². The lowest BCUT2D eigenvalue weighted by Crippen LogP contribution is -2.36. The summed E-state index contributed by atoms with van der Waals surface area (Å²) in [5.41, 5.74) is 4.72. The Morgan fingerprint density at radius 1 is 0.800 bits per heavy atom. The first-order valence-corrected chi connectivity index (χ1v) is 14.7. The Balaban J connectivity index is -0.000000435. The average Bonchev–Trinajstić information content (AvgIpc) is 3.43. The van der Waals surface area contributed by atoms with E-state index in [-0.39, 0.29) is 11.7 Å². The second-order valence-electron chi connectivity index (χ2n) is 9.32. The summed E-state index contributed by atoms with van der Waals surface area (Å²) >= 11 is 0. The van der Waals surface area contributed by atoms with Crippen molar-refractivity contribution in [2.45, 2.75) is 141 Å². The van der Waals surface area contributed by atoms with Crippen molar-refractivity contribution in [1.29, 1.82) is 0 Å². The second-order valence-corrected chi connectivity index (χ2v) is 9.32. The molecule has 0 atom stereocenters. The van der Waals surface area contributed by atoms with E-state index in [4.69, 9.17) is 0 Å². The van der Waals surface area contributed by atoms with Crippen LogP contribution in [0.2, 0.25) is 0 Å². The van der Waals surface area contributed by atoms with Crippen LogP contribution >= 0.6 is 0 Å². The summed E-state index contributed by atoms with van der Waals surface area (Å²) in [5, 5.41) is 0. The smallest absolute Gasteiger partial charge is 0.132 e. The number of carbonyl (C=O) groups is 1. The molecule has 0 N–H and O–H groups in total. The maximum Gasteiger partial charge on any atom is 0.132 e. The van der Waals surface area contributed by atoms with E-state index < -0.39 is 0 Å². The Morgan fingerprint density at radius 2 is 1.26 bits per heavy atom. The Morgan fingerprint density at radius 3 is 1.60 bits per heavy atom. The summed E-state index contributed by atoms with van der Waals surface area (Å²) in [7, 11) is 0. The SMILES string of the molecule is CC.CC.CC.CC(=O)C(C)C.CC(C)N1CCCC1.CCc1cccc2c1CCN(C(C)C)C2. The van der Waals surface area contributed by atoms with Gasteiger partial charge in [0.1, 0.15) is 5.78 Å². The molecule has 0 amide bonds. The molecule has 3 heteroatoms. The summed E-state index contributed by atoms with van der Waals surface area (Å²) in [6.45, 7) is 33.8. The van der Waals surface area contributed by atoms with Crippen molar-refractivity contribution in [2.75, 3.05) is 19.6 Å². The minimum Gasteiger partial charge on any atom is -0.301 e. The molecule has 1 fully saturated rings. The highest BCUT2D eigenvalue weighted by atomic mass is 16.1. The van der Waals surface area contributed by atoms with Gasteiger partial charge in [0, 0.05) is 31.1 Å². The van der Waals surface area contributed by atoms with Crippen LogP contribution in [0.5, 0.6) is 0 Å². The van der Waals surface area contributed by atoms with E-state index in [1.165, 1.54) is 45.3 Å². The van der Waals surface area contributed by atoms with E-state index in [1.807, 2.05) is 55.4 Å². The van der Waals surface area contributed by atoms with Crippen LogP contribution in [-0.4, -0.2) is 47.3 Å². The molecular formula is C32H64N2O. The van der Waals surface area contributed by atoms with Gasteiger partial charge in [0.05, 0.1) is 0 Å². The zero-order valence-corrected chi connectivity index (χ0v) is 26.4. The highest BCUT2D eigenvalue weighted by Gasteiger charge is 2.19. The molecule has 3 rings (SSSR count). The number of fused-ring (bicyclic) bond motifs is 1. The predicted octanol–water partition coefficient (Wildman–Crippen LogP) is 8.82. The monoisotopic (exact) mass is 493 g/mol. The number of likely N-dealkylation sites (tertiary alicyclic amines) is 1. The molecule has 0 bridgehead atoms. The fourth-order valence-corrected chi connectivity index (χ4v) is 3.74. The second kappa shape index (κ2) is 24.5. The summed E-state index contributed by atoms with van der Waals surface area (Å²) in [6, 6.07) is 8.23. The van der Waals surface area contributed by atoms with E-state index in [1.54, 1.807) is 23.6 Å². The fraction of sp³-hybridized carbons (Fsp3) is 0.781. The van der Waals surface area contributed by atoms with Gasteiger partial charge in [0.2, 0.25) is 0 Å². The van der Waals surface area contributed by atoms with Gasteiger partial charge in [-0.05, 0) is 90.1 Å². The third-order valence-corrected chi connectivity index (χ3v) is 6.19. The highest BCUT2D eigenvalue weighted by molar-refractivity contribution is 5.77. The van der Waals surface area contributed by atoms with Gasteiger partial charge in [0.15, 0.2) is 0 Å². The third-order valence-electron chi connectivity index (χ3n) is 6.19. The number of aryl methyl sites for hydroxylation is 1. The van der Waals surface area contributed by atoms with E-state index in [0.717, 1.165) is 12.6 Å². The molecule has 0 unspecified atom stereocenters. The topological polar surface area (TPSA) is 23.6 Å². The van der Waals surface area contributed by atoms with Crippen LogP contribution in [0.4, 0.5) is 0 Å². The first kappa shape index (κ1) is 38.3. The number of Topliss-reactive ketones (excluding diaryl/α,β-unsaturated/α-hetero) is 1. The number of hydrogen-bond donors (Lipinski definition) is 0. The molecular weight excluding hydrogens is 428 g/mol. The fourth-order valence-electron chi connectivity index (χ4n) is 3.74. The van der Waals surface area contributed by atoms with Gasteiger partial charge in [-0.2, -0.15) is 0 Å². The minimum atomic E-state index is 0.213. The van der Waals surface area contributed by atoms with Crippen molar-refractivity contribution in [3.05, 3.63) is 34.9 Å². The van der Waals surface area contributed by atoms with E-state index in [2.05, 4.69) is 62.6 Å². The molecule has 2 heterocycles. The zero-order valence-electron chi connectivity index (χ0n) is 26.4. The molecule has 208 valence electrons. The molecule has 0 aromatic heterocycles. The van der Waals surface area contributed by atoms with Crippen LogP contribution < -0.4 is 0 Å². The van der Waals surface area contributed by atoms with Crippen molar-refractivity contribution in [2.24, 2.45) is 5.92 Å². The van der Waals surface area contributed by atoms with Crippen molar-refractivity contribution in [3.8, 4) is 0 Å². The van der Waals surface area contributed by atoms with Crippen molar-refractivity contribution in [3.63, 3.8) is 0 Å². The summed E-state index contributed by atoms with van der Waals surface area (Å²) in [6.07, 6.45) is 5.23. The molecule has 0 saturated carbocycles. The van der Waals surface area contributed by atoms with Gasteiger partial charge >= 0.3 is 0 Å². The van der Waals surface area contributed by atoms with E-state index >= 15 is 0 Å². The minimum absolute atomic E-state index is 0.213. The summed E-state index contributed by atoms with van der Waals surface area (Å²) < 4.78 is 0. The average molecular weight is 493 g/mol. The first-order chi connectivity index (χ1) is 16.7. The van der Waals surface area contributed by atoms with Gasteiger partial charge in [-0.3, -0.25) is 9.69 Å². The first-order valence-electron chi connectivity index (χ1n) is 14.7. The Labute approximate surface area is 222 Å². The lowest BCUT2D eigenvalue weighted by Gasteiger charge is -2.32. The van der Waals surface area contributed by atoms with Gasteiger partial charge < -0.3 is 4.90 Å². The Bertz CT molecular complexity index is 602. The van der Waals surface area contributed by atoms with Crippen molar-refractivity contribution < 1.29 is 4.79 Å². The molecule has 2 aliphatic heterocycles. The van der Waals surface area contributed by atoms with Gasteiger partial charge in [-0.1, -0.05) is 80.5 Å². The Hall–Kier alpha value is -1.19. The number of nitrogens with zero attached hydrogens (tertiary/aromatic N) is 2. The van der Waals surface area contributed by atoms with E-state index in [0.29, 0.717) is 6.04 Å². The van der Waals surface area contributed by atoms with Gasteiger partial charge in [-0.25, -0.2) is 0 Å². The van der Waals surface area contributed by atoms with Crippen molar-refractivity contribution >= 4 is 5.78 Å². The van der Waals surface area contributed by atoms with Crippen LogP contribution in [0.1, 0.15) is 126 Å². The van der Waals surface area contributed by atoms with Crippen molar-refractivity contribution in [1.82, 2.24) is 9.80 Å². The van der Waals surface area contributed by atoms with Crippen LogP contribution in [0.15, 0.2) is 18.2 Å². The van der Waals surface area contributed by atoms with Crippen LogP contribution in [0.3, 0.4) is 0 Å². The highest BCUT2D eigenvalue weighted by Crippen LogP contribution is 2.24. The predicted molar refractivity (Wildman–Crippen MR) is 161 cm³/mol. The largest absolute Gasteiger partial charge is 0.301 e. The van der Waals surface area contributed by atoms with Gasteiger partial charge in [-0.15, -0.1) is 0 Å². The maximum absolute atomic E-state index is 10.1. The Kier molecular flexibility index (Phi) is 26.8. The molecule has 2 aliphatic rings. The van der Waals surface area contributed by atoms with E-state index in [9.17, 15) is 4.79 Å². The zero-order chi connectivity index (χ0) is 28.0. The standard InChI is InChI=1S/C14H21N.C7H15N.C5H10O.3C2H6/c1-4-12-6-5-7-13-10-15(11(2)3)9-8-14(12)13;1-7(2)8-5-3-4-6-8;1-4(2)5(3)6;3*1-2/h5-7,11H,4,8-10H2,1-3H3;7H,3-6H2,1-2H3;4H,1-3H3;3*1-2H3. The number of benzene rings is 1. The number of hydrogen-bond acceptors (Lipinski definition) is 3. The molecule has 0 spiro atoms. The molecule has 3 nitrogen and oxygen atoms in total. The quantitative estimate of drug-likeness (QED) is 0.419. The molecule has 1 aromatic carbocycles. The van der Waals surface area contributed by atoms with Crippen LogP contribution in [0.25, 0.3) is 0 Å². The molecule has 1 aromatic rings.